The average molecular weight is 259 g/mol. The van der Waals surface area contributed by atoms with E-state index in [0.29, 0.717) is 6.04 Å². The van der Waals surface area contributed by atoms with E-state index in [-0.39, 0.29) is 0 Å². The van der Waals surface area contributed by atoms with Crippen molar-refractivity contribution < 1.29 is 0 Å². The summed E-state index contributed by atoms with van der Waals surface area (Å²) in [6, 6.07) is 2.58. The molecule has 0 N–H and O–H groups in total. The minimum absolute atomic E-state index is 0.685. The first-order chi connectivity index (χ1) is 9.43. The fourth-order valence-corrected chi connectivity index (χ4v) is 3.74. The zero-order valence-corrected chi connectivity index (χ0v) is 11.8. The summed E-state index contributed by atoms with van der Waals surface area (Å²) in [6.07, 6.45) is 16.4. The monoisotopic (exact) mass is 259 g/mol. The molecule has 3 rings (SSSR count). The van der Waals surface area contributed by atoms with Crippen LogP contribution in [0, 0.1) is 5.92 Å². The summed E-state index contributed by atoms with van der Waals surface area (Å²) >= 11 is 0. The second-order valence-electron chi connectivity index (χ2n) is 6.12. The number of rotatable bonds is 4. The van der Waals surface area contributed by atoms with E-state index in [4.69, 9.17) is 0 Å². The van der Waals surface area contributed by atoms with Crippen molar-refractivity contribution in [3.8, 4) is 0 Å². The lowest BCUT2D eigenvalue weighted by Crippen LogP contribution is -2.31. The molecule has 1 aromatic rings. The van der Waals surface area contributed by atoms with Gasteiger partial charge in [0, 0.05) is 25.0 Å². The number of hydrogen-bond acceptors (Lipinski definition) is 3. The molecule has 1 aliphatic heterocycles. The van der Waals surface area contributed by atoms with Crippen molar-refractivity contribution >= 4 is 5.95 Å². The van der Waals surface area contributed by atoms with Crippen molar-refractivity contribution in [3.05, 3.63) is 18.5 Å². The maximum absolute atomic E-state index is 4.42. The van der Waals surface area contributed by atoms with Gasteiger partial charge in [0.05, 0.1) is 0 Å². The molecular formula is C16H25N3. The van der Waals surface area contributed by atoms with Crippen LogP contribution < -0.4 is 4.90 Å². The molecule has 0 radical (unpaired) electrons. The van der Waals surface area contributed by atoms with E-state index in [9.17, 15) is 0 Å². The molecule has 2 fully saturated rings. The molecule has 0 aromatic carbocycles. The summed E-state index contributed by atoms with van der Waals surface area (Å²) in [7, 11) is 0. The molecule has 3 nitrogen and oxygen atoms in total. The molecule has 1 aliphatic carbocycles. The van der Waals surface area contributed by atoms with Gasteiger partial charge < -0.3 is 4.90 Å². The average Bonchev–Trinajstić information content (AvgIpc) is 2.95. The van der Waals surface area contributed by atoms with E-state index in [2.05, 4.69) is 14.9 Å². The molecule has 1 saturated heterocycles. The van der Waals surface area contributed by atoms with Crippen molar-refractivity contribution in [1.29, 1.82) is 0 Å². The highest BCUT2D eigenvalue weighted by molar-refractivity contribution is 5.32. The normalized spacial score (nSPS) is 24.8. The van der Waals surface area contributed by atoms with Crippen LogP contribution in [-0.4, -0.2) is 22.6 Å². The van der Waals surface area contributed by atoms with Crippen molar-refractivity contribution in [1.82, 2.24) is 9.97 Å². The Morgan fingerprint density at radius 2 is 1.74 bits per heavy atom. The number of hydrogen-bond donors (Lipinski definition) is 0. The zero-order chi connectivity index (χ0) is 12.9. The minimum atomic E-state index is 0.685. The topological polar surface area (TPSA) is 29.0 Å². The van der Waals surface area contributed by atoms with Gasteiger partial charge in [-0.1, -0.05) is 32.1 Å². The highest BCUT2D eigenvalue weighted by atomic mass is 15.3. The third-order valence-electron chi connectivity index (χ3n) is 4.82. The lowest BCUT2D eigenvalue weighted by molar-refractivity contribution is 0.323. The van der Waals surface area contributed by atoms with Crippen LogP contribution in [0.15, 0.2) is 18.5 Å². The molecule has 0 amide bonds. The molecule has 1 unspecified atom stereocenters. The van der Waals surface area contributed by atoms with E-state index in [0.717, 1.165) is 18.4 Å². The first-order valence-electron chi connectivity index (χ1n) is 7.97. The summed E-state index contributed by atoms with van der Waals surface area (Å²) in [5.41, 5.74) is 0. The lowest BCUT2D eigenvalue weighted by Gasteiger charge is -2.27. The van der Waals surface area contributed by atoms with Crippen LogP contribution in [0.4, 0.5) is 5.95 Å². The Bertz CT molecular complexity index is 373. The highest BCUT2D eigenvalue weighted by Crippen LogP contribution is 2.31. The van der Waals surface area contributed by atoms with Gasteiger partial charge in [-0.25, -0.2) is 9.97 Å². The highest BCUT2D eigenvalue weighted by Gasteiger charge is 2.27. The molecule has 2 heterocycles. The Morgan fingerprint density at radius 1 is 0.947 bits per heavy atom. The largest absolute Gasteiger partial charge is 0.338 e. The van der Waals surface area contributed by atoms with Crippen molar-refractivity contribution in [2.45, 2.75) is 63.8 Å². The molecule has 1 atom stereocenters. The van der Waals surface area contributed by atoms with E-state index in [1.54, 1.807) is 0 Å². The smallest absolute Gasteiger partial charge is 0.225 e. The van der Waals surface area contributed by atoms with Gasteiger partial charge in [-0.2, -0.15) is 0 Å². The first kappa shape index (κ1) is 12.9. The zero-order valence-electron chi connectivity index (χ0n) is 11.8. The number of nitrogens with zero attached hydrogens (tertiary/aromatic N) is 3. The van der Waals surface area contributed by atoms with Gasteiger partial charge in [-0.15, -0.1) is 0 Å². The molecule has 3 heteroatoms. The van der Waals surface area contributed by atoms with Gasteiger partial charge in [-0.05, 0) is 37.7 Å². The van der Waals surface area contributed by atoms with Gasteiger partial charge >= 0.3 is 0 Å². The second-order valence-corrected chi connectivity index (χ2v) is 6.12. The molecule has 0 bridgehead atoms. The quantitative estimate of drug-likeness (QED) is 0.823. The van der Waals surface area contributed by atoms with Crippen LogP contribution >= 0.6 is 0 Å². The van der Waals surface area contributed by atoms with E-state index < -0.39 is 0 Å². The third-order valence-corrected chi connectivity index (χ3v) is 4.82. The molecule has 1 aromatic heterocycles. The van der Waals surface area contributed by atoms with E-state index in [1.165, 1.54) is 57.8 Å². The van der Waals surface area contributed by atoms with Crippen molar-refractivity contribution in [3.63, 3.8) is 0 Å². The fraction of sp³-hybridized carbons (Fsp3) is 0.750. The van der Waals surface area contributed by atoms with Gasteiger partial charge in [0.15, 0.2) is 0 Å². The second kappa shape index (κ2) is 6.36. The Labute approximate surface area is 116 Å². The molecule has 104 valence electrons. The number of anilines is 1. The third kappa shape index (κ3) is 3.26. The Balaban J connectivity index is 1.54. The lowest BCUT2D eigenvalue weighted by atomic mass is 9.85. The maximum Gasteiger partial charge on any atom is 0.225 e. The summed E-state index contributed by atoms with van der Waals surface area (Å²) in [4.78, 5) is 11.3. The van der Waals surface area contributed by atoms with Crippen LogP contribution in [0.3, 0.4) is 0 Å². The molecule has 0 spiro atoms. The van der Waals surface area contributed by atoms with Gasteiger partial charge in [0.25, 0.3) is 0 Å². The van der Waals surface area contributed by atoms with Crippen LogP contribution in [0.5, 0.6) is 0 Å². The molecule has 2 aliphatic rings. The Hall–Kier alpha value is -1.12. The molecular weight excluding hydrogens is 234 g/mol. The Kier molecular flexibility index (Phi) is 4.31. The van der Waals surface area contributed by atoms with Gasteiger partial charge in [0.1, 0.15) is 0 Å². The summed E-state index contributed by atoms with van der Waals surface area (Å²) < 4.78 is 0. The standard InChI is InChI=1S/C16H25N3/c1-2-6-14(7-3-1)9-10-15-8-4-13-19(15)16-17-11-5-12-18-16/h5,11-12,14-15H,1-4,6-10,13H2. The van der Waals surface area contributed by atoms with Crippen molar-refractivity contribution in [2.75, 3.05) is 11.4 Å². The molecule has 19 heavy (non-hydrogen) atoms. The van der Waals surface area contributed by atoms with Crippen molar-refractivity contribution in [2.24, 2.45) is 5.92 Å². The van der Waals surface area contributed by atoms with E-state index in [1.807, 2.05) is 18.5 Å². The predicted molar refractivity (Wildman–Crippen MR) is 78.2 cm³/mol. The predicted octanol–water partition coefficient (Wildman–Crippen LogP) is 3.81. The maximum atomic E-state index is 4.42. The van der Waals surface area contributed by atoms with Gasteiger partial charge in [0.2, 0.25) is 5.95 Å². The summed E-state index contributed by atoms with van der Waals surface area (Å²) in [5.74, 6) is 1.93. The van der Waals surface area contributed by atoms with Crippen LogP contribution in [-0.2, 0) is 0 Å². The van der Waals surface area contributed by atoms with Crippen LogP contribution in [0.2, 0.25) is 0 Å². The van der Waals surface area contributed by atoms with Crippen LogP contribution in [0.25, 0.3) is 0 Å². The fourth-order valence-electron chi connectivity index (χ4n) is 3.74. The van der Waals surface area contributed by atoms with Gasteiger partial charge in [-0.3, -0.25) is 0 Å². The van der Waals surface area contributed by atoms with Crippen LogP contribution in [0.1, 0.15) is 57.8 Å². The molecule has 1 saturated carbocycles. The minimum Gasteiger partial charge on any atom is -0.338 e. The summed E-state index contributed by atoms with van der Waals surface area (Å²) in [6.45, 7) is 1.14. The first-order valence-corrected chi connectivity index (χ1v) is 7.97. The summed E-state index contributed by atoms with van der Waals surface area (Å²) in [5, 5.41) is 0. The number of aromatic nitrogens is 2. The van der Waals surface area contributed by atoms with E-state index >= 15 is 0 Å². The Morgan fingerprint density at radius 3 is 2.53 bits per heavy atom. The SMILES string of the molecule is c1cnc(N2CCCC2CCC2CCCCC2)nc1.